The summed E-state index contributed by atoms with van der Waals surface area (Å²) in [7, 11) is 1.66. The maximum Gasteiger partial charge on any atom is 0.310 e. The van der Waals surface area contributed by atoms with E-state index in [0.29, 0.717) is 11.8 Å². The van der Waals surface area contributed by atoms with Crippen LogP contribution in [-0.4, -0.2) is 31.9 Å². The Bertz CT molecular complexity index is 555. The lowest BCUT2D eigenvalue weighted by molar-refractivity contribution is -0.156. The molecule has 1 aromatic rings. The summed E-state index contributed by atoms with van der Waals surface area (Å²) in [4.78, 5) is 12.4. The molecule has 4 rings (SSSR count). The van der Waals surface area contributed by atoms with E-state index in [1.807, 2.05) is 12.1 Å². The van der Waals surface area contributed by atoms with Gasteiger partial charge in [0.2, 0.25) is 0 Å². The van der Waals surface area contributed by atoms with Crippen molar-refractivity contribution in [3.8, 4) is 5.75 Å². The first-order chi connectivity index (χ1) is 10.7. The third kappa shape index (κ3) is 2.50. The third-order valence-electron chi connectivity index (χ3n) is 5.36. The Kier molecular flexibility index (Phi) is 3.37. The Morgan fingerprint density at radius 1 is 1.27 bits per heavy atom. The third-order valence-corrected chi connectivity index (χ3v) is 5.36. The smallest absolute Gasteiger partial charge is 0.310 e. The minimum atomic E-state index is -0.194. The molecule has 0 bridgehead atoms. The molecule has 1 saturated heterocycles. The van der Waals surface area contributed by atoms with Crippen molar-refractivity contribution < 1.29 is 19.0 Å². The molecule has 3 atom stereocenters. The number of benzene rings is 1. The monoisotopic (exact) mass is 302 g/mol. The Balaban J connectivity index is 1.36. The summed E-state index contributed by atoms with van der Waals surface area (Å²) >= 11 is 0. The lowest BCUT2D eigenvalue weighted by Gasteiger charge is -2.22. The van der Waals surface area contributed by atoms with Gasteiger partial charge >= 0.3 is 5.97 Å². The Hall–Kier alpha value is -1.55. The van der Waals surface area contributed by atoms with Gasteiger partial charge in [-0.2, -0.15) is 0 Å². The number of ether oxygens (including phenoxy) is 3. The summed E-state index contributed by atoms with van der Waals surface area (Å²) in [6, 6.07) is 8.01. The summed E-state index contributed by atoms with van der Waals surface area (Å²) < 4.78 is 16.5. The zero-order chi connectivity index (χ0) is 15.2. The molecule has 0 N–H and O–H groups in total. The van der Waals surface area contributed by atoms with E-state index in [4.69, 9.17) is 14.2 Å². The van der Waals surface area contributed by atoms with E-state index in [0.717, 1.165) is 44.6 Å². The molecular formula is C18H22O4. The second kappa shape index (κ2) is 5.27. The highest BCUT2D eigenvalue weighted by Gasteiger charge is 2.56. The van der Waals surface area contributed by atoms with Gasteiger partial charge in [-0.05, 0) is 49.3 Å². The zero-order valence-electron chi connectivity index (χ0n) is 12.9. The lowest BCUT2D eigenvalue weighted by Crippen LogP contribution is -2.30. The largest absolute Gasteiger partial charge is 0.497 e. The Morgan fingerprint density at radius 2 is 2.05 bits per heavy atom. The summed E-state index contributed by atoms with van der Waals surface area (Å²) in [5, 5.41) is 0. The summed E-state index contributed by atoms with van der Waals surface area (Å²) in [5.74, 6) is 1.60. The van der Waals surface area contributed by atoms with Crippen molar-refractivity contribution in [1.29, 1.82) is 0 Å². The van der Waals surface area contributed by atoms with Crippen LogP contribution in [0.5, 0.6) is 5.75 Å². The first-order valence-corrected chi connectivity index (χ1v) is 8.16. The molecular weight excluding hydrogens is 280 g/mol. The minimum absolute atomic E-state index is 0.00906. The Morgan fingerprint density at radius 3 is 2.64 bits per heavy atom. The fourth-order valence-corrected chi connectivity index (χ4v) is 3.62. The standard InChI is InChI=1S/C18H22O4/c1-20-14-4-2-12(3-5-14)15-10-16(15)17(19)22-18(7-8-18)13-6-9-21-11-13/h2-5,13,15-16H,6-11H2,1H3. The van der Waals surface area contributed by atoms with Crippen LogP contribution >= 0.6 is 0 Å². The summed E-state index contributed by atoms with van der Waals surface area (Å²) in [6.07, 6.45) is 3.95. The highest BCUT2D eigenvalue weighted by atomic mass is 16.6. The average molecular weight is 302 g/mol. The van der Waals surface area contributed by atoms with Gasteiger partial charge in [0.15, 0.2) is 0 Å². The van der Waals surface area contributed by atoms with Gasteiger partial charge in [0.05, 0.1) is 19.6 Å². The molecule has 3 fully saturated rings. The number of carbonyl (C=O) groups is 1. The molecule has 0 radical (unpaired) electrons. The van der Waals surface area contributed by atoms with E-state index in [9.17, 15) is 4.79 Å². The Labute approximate surface area is 130 Å². The van der Waals surface area contributed by atoms with Crippen LogP contribution in [0.25, 0.3) is 0 Å². The van der Waals surface area contributed by atoms with Gasteiger partial charge in [-0.25, -0.2) is 0 Å². The van der Waals surface area contributed by atoms with Crippen molar-refractivity contribution in [2.75, 3.05) is 20.3 Å². The van der Waals surface area contributed by atoms with Gasteiger partial charge < -0.3 is 14.2 Å². The normalized spacial score (nSPS) is 31.6. The molecule has 0 aromatic heterocycles. The van der Waals surface area contributed by atoms with Crippen LogP contribution in [0.15, 0.2) is 24.3 Å². The first kappa shape index (κ1) is 14.1. The molecule has 2 aliphatic carbocycles. The molecule has 4 heteroatoms. The average Bonchev–Trinajstić information content (AvgIpc) is 3.45. The molecule has 4 nitrogen and oxygen atoms in total. The van der Waals surface area contributed by atoms with Crippen LogP contribution in [0.3, 0.4) is 0 Å². The van der Waals surface area contributed by atoms with Gasteiger partial charge in [-0.3, -0.25) is 4.79 Å². The topological polar surface area (TPSA) is 44.8 Å². The van der Waals surface area contributed by atoms with Crippen molar-refractivity contribution in [1.82, 2.24) is 0 Å². The van der Waals surface area contributed by atoms with Gasteiger partial charge in [-0.15, -0.1) is 0 Å². The first-order valence-electron chi connectivity index (χ1n) is 8.16. The van der Waals surface area contributed by atoms with Gasteiger partial charge in [0.1, 0.15) is 11.4 Å². The van der Waals surface area contributed by atoms with Crippen LogP contribution in [0.1, 0.15) is 37.2 Å². The molecule has 2 saturated carbocycles. The van der Waals surface area contributed by atoms with E-state index >= 15 is 0 Å². The molecule has 118 valence electrons. The van der Waals surface area contributed by atoms with Crippen molar-refractivity contribution in [3.05, 3.63) is 29.8 Å². The molecule has 0 spiro atoms. The van der Waals surface area contributed by atoms with Gasteiger partial charge in [0.25, 0.3) is 0 Å². The minimum Gasteiger partial charge on any atom is -0.497 e. The fourth-order valence-electron chi connectivity index (χ4n) is 3.62. The summed E-state index contributed by atoms with van der Waals surface area (Å²) in [5.41, 5.74) is 1.01. The number of rotatable bonds is 5. The summed E-state index contributed by atoms with van der Waals surface area (Å²) in [6.45, 7) is 1.56. The molecule has 0 amide bonds. The highest BCUT2D eigenvalue weighted by Crippen LogP contribution is 2.53. The molecule has 3 aliphatic rings. The number of hydrogen-bond acceptors (Lipinski definition) is 4. The molecule has 1 aliphatic heterocycles. The van der Waals surface area contributed by atoms with Crippen LogP contribution in [0.2, 0.25) is 0 Å². The molecule has 22 heavy (non-hydrogen) atoms. The zero-order valence-corrected chi connectivity index (χ0v) is 12.9. The van der Waals surface area contributed by atoms with Crippen LogP contribution in [0, 0.1) is 11.8 Å². The van der Waals surface area contributed by atoms with E-state index in [2.05, 4.69) is 12.1 Å². The van der Waals surface area contributed by atoms with E-state index < -0.39 is 0 Å². The number of methoxy groups -OCH3 is 1. The lowest BCUT2D eigenvalue weighted by atomic mass is 9.99. The quantitative estimate of drug-likeness (QED) is 0.785. The second-order valence-corrected chi connectivity index (χ2v) is 6.77. The van der Waals surface area contributed by atoms with Crippen molar-refractivity contribution in [3.63, 3.8) is 0 Å². The SMILES string of the molecule is COc1ccc(C2CC2C(=O)OC2(C3CCOC3)CC2)cc1. The second-order valence-electron chi connectivity index (χ2n) is 6.77. The number of hydrogen-bond donors (Lipinski definition) is 0. The number of carbonyl (C=O) groups excluding carboxylic acids is 1. The maximum absolute atomic E-state index is 12.4. The highest BCUT2D eigenvalue weighted by molar-refractivity contribution is 5.78. The van der Waals surface area contributed by atoms with Crippen LogP contribution in [0.4, 0.5) is 0 Å². The van der Waals surface area contributed by atoms with Crippen molar-refractivity contribution in [2.24, 2.45) is 11.8 Å². The van der Waals surface area contributed by atoms with Crippen molar-refractivity contribution in [2.45, 2.75) is 37.2 Å². The van der Waals surface area contributed by atoms with Crippen LogP contribution < -0.4 is 4.74 Å². The molecule has 1 heterocycles. The van der Waals surface area contributed by atoms with Crippen molar-refractivity contribution >= 4 is 5.97 Å². The van der Waals surface area contributed by atoms with Gasteiger partial charge in [-0.1, -0.05) is 12.1 Å². The fraction of sp³-hybridized carbons (Fsp3) is 0.611. The molecule has 3 unspecified atom stereocenters. The van der Waals surface area contributed by atoms with Gasteiger partial charge in [0, 0.05) is 12.5 Å². The van der Waals surface area contributed by atoms with E-state index in [1.54, 1.807) is 7.11 Å². The molecule has 1 aromatic carbocycles. The predicted molar refractivity (Wildman–Crippen MR) is 80.8 cm³/mol. The van der Waals surface area contributed by atoms with Crippen LogP contribution in [-0.2, 0) is 14.3 Å². The number of esters is 1. The van der Waals surface area contributed by atoms with E-state index in [1.165, 1.54) is 5.56 Å². The predicted octanol–water partition coefficient (Wildman–Crippen LogP) is 2.91. The maximum atomic E-state index is 12.4. The van der Waals surface area contributed by atoms with E-state index in [-0.39, 0.29) is 17.5 Å².